The van der Waals surface area contributed by atoms with Crippen molar-refractivity contribution in [1.29, 1.82) is 0 Å². The normalized spacial score (nSPS) is 10.9. The van der Waals surface area contributed by atoms with Crippen molar-refractivity contribution in [2.75, 3.05) is 6.54 Å². The molecule has 0 radical (unpaired) electrons. The average Bonchev–Trinajstić information content (AvgIpc) is 2.65. The molecule has 5 nitrogen and oxygen atoms in total. The van der Waals surface area contributed by atoms with Gasteiger partial charge in [-0.05, 0) is 24.1 Å². The van der Waals surface area contributed by atoms with E-state index < -0.39 is 0 Å². The van der Waals surface area contributed by atoms with Crippen LogP contribution in [0.25, 0.3) is 0 Å². The Hall–Kier alpha value is -1.88. The number of nitrogens with one attached hydrogen (secondary N) is 2. The molecule has 0 saturated carbocycles. The lowest BCUT2D eigenvalue weighted by molar-refractivity contribution is -0.126. The average molecular weight is 394 g/mol. The van der Waals surface area contributed by atoms with Crippen LogP contribution in [0.1, 0.15) is 76.7 Å². The Morgan fingerprint density at radius 3 is 2.33 bits per heavy atom. The van der Waals surface area contributed by atoms with E-state index in [4.69, 9.17) is 11.6 Å². The van der Waals surface area contributed by atoms with Crippen molar-refractivity contribution in [1.82, 2.24) is 10.7 Å². The summed E-state index contributed by atoms with van der Waals surface area (Å²) in [7, 11) is 0. The molecule has 0 fully saturated rings. The van der Waals surface area contributed by atoms with Crippen LogP contribution in [0.15, 0.2) is 29.4 Å². The predicted octanol–water partition coefficient (Wildman–Crippen LogP) is 4.83. The summed E-state index contributed by atoms with van der Waals surface area (Å²) in [5.41, 5.74) is 3.17. The molecule has 2 N–H and O–H groups in total. The summed E-state index contributed by atoms with van der Waals surface area (Å²) < 4.78 is 0. The zero-order chi connectivity index (χ0) is 19.7. The highest BCUT2D eigenvalue weighted by Crippen LogP contribution is 2.10. The van der Waals surface area contributed by atoms with Gasteiger partial charge in [-0.2, -0.15) is 5.10 Å². The van der Waals surface area contributed by atoms with Gasteiger partial charge in [0.25, 0.3) is 5.91 Å². The quantitative estimate of drug-likeness (QED) is 0.270. The number of carbonyl (C=O) groups excluding carboxylic acids is 2. The largest absolute Gasteiger partial charge is 0.347 e. The van der Waals surface area contributed by atoms with E-state index in [2.05, 4.69) is 22.8 Å². The van der Waals surface area contributed by atoms with E-state index in [1.165, 1.54) is 51.2 Å². The topological polar surface area (TPSA) is 70.6 Å². The van der Waals surface area contributed by atoms with Crippen molar-refractivity contribution in [2.24, 2.45) is 5.10 Å². The smallest absolute Gasteiger partial charge is 0.259 e. The van der Waals surface area contributed by atoms with Gasteiger partial charge in [0, 0.05) is 11.4 Å². The van der Waals surface area contributed by atoms with Crippen molar-refractivity contribution in [2.45, 2.75) is 71.1 Å². The molecule has 0 unspecified atom stereocenters. The van der Waals surface area contributed by atoms with Crippen molar-refractivity contribution < 1.29 is 9.59 Å². The summed E-state index contributed by atoms with van der Waals surface area (Å²) in [6, 6.07) is 7.14. The van der Waals surface area contributed by atoms with E-state index in [1.807, 2.05) is 6.07 Å². The molecule has 6 heteroatoms. The van der Waals surface area contributed by atoms with Crippen LogP contribution in [-0.2, 0) is 9.59 Å². The number of benzene rings is 1. The van der Waals surface area contributed by atoms with Gasteiger partial charge in [-0.15, -0.1) is 0 Å². The van der Waals surface area contributed by atoms with Gasteiger partial charge in [0.2, 0.25) is 5.91 Å². The lowest BCUT2D eigenvalue weighted by atomic mass is 10.1. The Morgan fingerprint density at radius 1 is 1.00 bits per heavy atom. The van der Waals surface area contributed by atoms with Crippen molar-refractivity contribution in [3.05, 3.63) is 34.9 Å². The van der Waals surface area contributed by atoms with E-state index in [9.17, 15) is 9.59 Å². The maximum atomic E-state index is 11.7. The molecular weight excluding hydrogens is 362 g/mol. The fraction of sp³-hybridized carbons (Fsp3) is 0.571. The first-order chi connectivity index (χ1) is 13.1. The minimum atomic E-state index is -0.353. The van der Waals surface area contributed by atoms with Crippen LogP contribution in [0.3, 0.4) is 0 Å². The third-order valence-electron chi connectivity index (χ3n) is 4.21. The minimum Gasteiger partial charge on any atom is -0.347 e. The van der Waals surface area contributed by atoms with Crippen molar-refractivity contribution >= 4 is 29.6 Å². The van der Waals surface area contributed by atoms with Gasteiger partial charge in [0.1, 0.15) is 0 Å². The molecule has 0 saturated heterocycles. The highest BCUT2D eigenvalue weighted by Gasteiger charge is 2.04. The highest BCUT2D eigenvalue weighted by molar-refractivity contribution is 6.30. The number of hydrogen-bond acceptors (Lipinski definition) is 3. The molecule has 0 aromatic heterocycles. The molecule has 0 bridgehead atoms. The fourth-order valence-corrected chi connectivity index (χ4v) is 2.87. The molecule has 0 spiro atoms. The van der Waals surface area contributed by atoms with E-state index in [0.29, 0.717) is 11.4 Å². The maximum absolute atomic E-state index is 11.7. The third kappa shape index (κ3) is 13.0. The van der Waals surface area contributed by atoms with E-state index >= 15 is 0 Å². The van der Waals surface area contributed by atoms with E-state index in [1.54, 1.807) is 18.2 Å². The summed E-state index contributed by atoms with van der Waals surface area (Å²) in [6.45, 7) is 2.16. The van der Waals surface area contributed by atoms with Crippen molar-refractivity contribution in [3.8, 4) is 0 Å². The molecule has 2 amide bonds. The first-order valence-corrected chi connectivity index (χ1v) is 10.3. The molecule has 1 aromatic rings. The molecule has 27 heavy (non-hydrogen) atoms. The van der Waals surface area contributed by atoms with Gasteiger partial charge >= 0.3 is 0 Å². The number of carbonyl (C=O) groups is 2. The Kier molecular flexibility index (Phi) is 13.0. The molecule has 1 rings (SSSR count). The molecule has 0 atom stereocenters. The zero-order valence-electron chi connectivity index (χ0n) is 16.3. The van der Waals surface area contributed by atoms with Crippen LogP contribution < -0.4 is 10.7 Å². The van der Waals surface area contributed by atoms with Gasteiger partial charge in [0.15, 0.2) is 0 Å². The summed E-state index contributed by atoms with van der Waals surface area (Å²) in [5.74, 6) is -0.444. The second-order valence-corrected chi connectivity index (χ2v) is 7.14. The number of amides is 2. The maximum Gasteiger partial charge on any atom is 0.259 e. The summed E-state index contributed by atoms with van der Waals surface area (Å²) >= 11 is 5.87. The summed E-state index contributed by atoms with van der Waals surface area (Å²) in [5, 5.41) is 7.07. The van der Waals surface area contributed by atoms with Crippen LogP contribution in [0.2, 0.25) is 5.02 Å². The molecule has 0 heterocycles. The van der Waals surface area contributed by atoms with Crippen LogP contribution in [0.5, 0.6) is 0 Å². The predicted molar refractivity (Wildman–Crippen MR) is 112 cm³/mol. The number of hydrogen-bond donors (Lipinski definition) is 2. The van der Waals surface area contributed by atoms with Gasteiger partial charge < -0.3 is 5.32 Å². The number of hydrazone groups is 1. The molecule has 0 aliphatic carbocycles. The molecule has 150 valence electrons. The van der Waals surface area contributed by atoms with Crippen LogP contribution in [-0.4, -0.2) is 24.6 Å². The number of nitrogens with zero attached hydrogens (tertiary/aromatic N) is 1. The van der Waals surface area contributed by atoms with Gasteiger partial charge in [-0.3, -0.25) is 9.59 Å². The number of rotatable bonds is 14. The SMILES string of the molecule is CCCCCCCCCCCC(=O)NCC(=O)NN=Cc1cccc(Cl)c1. The Bertz CT molecular complexity index is 591. The van der Waals surface area contributed by atoms with E-state index in [-0.39, 0.29) is 18.4 Å². The molecule has 0 aliphatic heterocycles. The van der Waals surface area contributed by atoms with Crippen LogP contribution in [0.4, 0.5) is 0 Å². The lowest BCUT2D eigenvalue weighted by Crippen LogP contribution is -2.34. The molecule has 0 aliphatic rings. The van der Waals surface area contributed by atoms with Gasteiger partial charge in [-0.1, -0.05) is 82.0 Å². The monoisotopic (exact) mass is 393 g/mol. The Labute approximate surface area is 167 Å². The van der Waals surface area contributed by atoms with Crippen LogP contribution >= 0.6 is 11.6 Å². The Morgan fingerprint density at radius 2 is 1.67 bits per heavy atom. The first kappa shape index (κ1) is 23.2. The number of unbranched alkanes of at least 4 members (excludes halogenated alkanes) is 8. The third-order valence-corrected chi connectivity index (χ3v) is 4.44. The molecular formula is C21H32ClN3O2. The summed E-state index contributed by atoms with van der Waals surface area (Å²) in [6.07, 6.45) is 12.9. The first-order valence-electron chi connectivity index (χ1n) is 9.96. The minimum absolute atomic E-state index is 0.0663. The number of halogens is 1. The van der Waals surface area contributed by atoms with Crippen molar-refractivity contribution in [3.63, 3.8) is 0 Å². The standard InChI is InChI=1S/C21H32ClN3O2/c1-2-3-4-5-6-7-8-9-10-14-20(26)23-17-21(27)25-24-16-18-12-11-13-19(22)15-18/h11-13,15-16H,2-10,14,17H2,1H3,(H,23,26)(H,25,27). The zero-order valence-corrected chi connectivity index (χ0v) is 17.1. The molecule has 1 aromatic carbocycles. The summed E-state index contributed by atoms with van der Waals surface area (Å²) in [4.78, 5) is 23.4. The highest BCUT2D eigenvalue weighted by atomic mass is 35.5. The fourth-order valence-electron chi connectivity index (χ4n) is 2.67. The Balaban J connectivity index is 2.01. The van der Waals surface area contributed by atoms with Gasteiger partial charge in [0.05, 0.1) is 12.8 Å². The van der Waals surface area contributed by atoms with Crippen LogP contribution in [0, 0.1) is 0 Å². The second-order valence-electron chi connectivity index (χ2n) is 6.70. The van der Waals surface area contributed by atoms with E-state index in [0.717, 1.165) is 18.4 Å². The van der Waals surface area contributed by atoms with Gasteiger partial charge in [-0.25, -0.2) is 5.43 Å². The lowest BCUT2D eigenvalue weighted by Gasteiger charge is -2.04. The second kappa shape index (κ2) is 15.2.